The molecule has 4 saturated heterocycles. The fourth-order valence-electron chi connectivity index (χ4n) is 6.71. The van der Waals surface area contributed by atoms with Gasteiger partial charge in [0.1, 0.15) is 104 Å². The van der Waals surface area contributed by atoms with E-state index in [1.54, 1.807) is 0 Å². The van der Waals surface area contributed by atoms with Gasteiger partial charge in [-0.3, -0.25) is 9.05 Å². The standard InChI is InChI=1S/C27H48O30P2/c28-2-6(32)17-22(54-24-15(38)13(36)19(10(5-31)50-24)52-23-14(37)12(35)11(34)9(4-30)49-23)21(57-59(46,47)48)16(39)25(51-17)53-20-8(56-58(43,44)45)1-27(42,26(40)41)55-18(20)7(33)3-29/h6-25,28-39,42H,1-5H2,(H,40,41)(H2,43,44,45)(H2,46,47,48)/t6-,7+,8+,9+,10+,11+,12-,13+,14+,15+,16-,17+,18+,19-,20+,21+,22+,23+,24-,25+,27+/m0/s1. The minimum atomic E-state index is -5.82. The first-order valence-electron chi connectivity index (χ1n) is 17.2. The summed E-state index contributed by atoms with van der Waals surface area (Å²) >= 11 is 0. The molecule has 0 aromatic heterocycles. The van der Waals surface area contributed by atoms with Crippen molar-refractivity contribution in [3.8, 4) is 0 Å². The first-order valence-corrected chi connectivity index (χ1v) is 20.3. The van der Waals surface area contributed by atoms with Crippen molar-refractivity contribution >= 4 is 21.6 Å². The molecule has 0 aliphatic carbocycles. The Morgan fingerprint density at radius 1 is 0.610 bits per heavy atom. The molecule has 30 nitrogen and oxygen atoms in total. The van der Waals surface area contributed by atoms with E-state index in [1.165, 1.54) is 0 Å². The normalized spacial score (nSPS) is 44.8. The van der Waals surface area contributed by atoms with Crippen molar-refractivity contribution < 1.29 is 147 Å². The summed E-state index contributed by atoms with van der Waals surface area (Å²) in [6.07, 6.45) is -45.3. The lowest BCUT2D eigenvalue weighted by atomic mass is 9.91. The zero-order chi connectivity index (χ0) is 44.5. The zero-order valence-electron chi connectivity index (χ0n) is 29.9. The Morgan fingerprint density at radius 3 is 1.59 bits per heavy atom. The van der Waals surface area contributed by atoms with Crippen molar-refractivity contribution in [2.24, 2.45) is 0 Å². The summed E-state index contributed by atoms with van der Waals surface area (Å²) in [5.74, 6) is -5.57. The van der Waals surface area contributed by atoms with Crippen LogP contribution in [0.2, 0.25) is 0 Å². The SMILES string of the molecule is O=C(O)[C@@]1(O)C[C@@H](OP(=O)(O)O)[C@@H](O[C@H]2O[C@H]([C@@H](O)CO)[C@@H](O[C@@H]3O[C@H](CO)[C@H](O[C@H]4O[C@H](CO)[C@@H](O)[C@H](O)[C@H]4O)[C@H](O)[C@H]3O)[C@H](OP(=O)(O)O)[C@@H]2O)[C@@H]([C@H](O)CO)O1. The maximum atomic E-state index is 12.2. The summed E-state index contributed by atoms with van der Waals surface area (Å²) < 4.78 is 71.2. The number of carbonyl (C=O) groups is 1. The smallest absolute Gasteiger partial charge is 0.470 e. The molecule has 0 saturated carbocycles. The number of hydrogen-bond donors (Lipinski definition) is 18. The highest BCUT2D eigenvalue weighted by Crippen LogP contribution is 2.47. The molecule has 18 N–H and O–H groups in total. The number of rotatable bonds is 17. The molecular formula is C27H48O30P2. The van der Waals surface area contributed by atoms with Crippen LogP contribution in [0.5, 0.6) is 0 Å². The molecule has 59 heavy (non-hydrogen) atoms. The second-order valence-electron chi connectivity index (χ2n) is 13.7. The maximum Gasteiger partial charge on any atom is 0.470 e. The van der Waals surface area contributed by atoms with Crippen LogP contribution in [0.25, 0.3) is 0 Å². The van der Waals surface area contributed by atoms with Gasteiger partial charge in [-0.05, 0) is 0 Å². The highest BCUT2D eigenvalue weighted by Gasteiger charge is 2.60. The summed E-state index contributed by atoms with van der Waals surface area (Å²) in [5, 5.41) is 144. The van der Waals surface area contributed by atoms with Gasteiger partial charge in [-0.1, -0.05) is 0 Å². The highest BCUT2D eigenvalue weighted by atomic mass is 31.2. The second kappa shape index (κ2) is 20.2. The number of aliphatic hydroxyl groups excluding tert-OH is 12. The lowest BCUT2D eigenvalue weighted by Gasteiger charge is -2.50. The largest absolute Gasteiger partial charge is 0.477 e. The highest BCUT2D eigenvalue weighted by molar-refractivity contribution is 7.46. The van der Waals surface area contributed by atoms with Gasteiger partial charge in [0.2, 0.25) is 0 Å². The molecule has 0 amide bonds. The Kier molecular flexibility index (Phi) is 17.3. The third-order valence-corrected chi connectivity index (χ3v) is 10.7. The van der Waals surface area contributed by atoms with Crippen LogP contribution in [-0.2, 0) is 56.1 Å². The Balaban J connectivity index is 1.67. The average molecular weight is 915 g/mol. The van der Waals surface area contributed by atoms with Crippen LogP contribution in [0.1, 0.15) is 6.42 Å². The predicted octanol–water partition coefficient (Wildman–Crippen LogP) is -10.3. The Morgan fingerprint density at radius 2 is 1.08 bits per heavy atom. The summed E-state index contributed by atoms with van der Waals surface area (Å²) in [6, 6.07) is 0. The molecule has 0 spiro atoms. The first kappa shape index (κ1) is 50.5. The zero-order valence-corrected chi connectivity index (χ0v) is 31.7. The van der Waals surface area contributed by atoms with Gasteiger partial charge in [0, 0.05) is 6.42 Å². The van der Waals surface area contributed by atoms with Gasteiger partial charge in [0.15, 0.2) is 18.9 Å². The molecule has 0 bridgehead atoms. The third-order valence-electron chi connectivity index (χ3n) is 9.59. The fraction of sp³-hybridized carbons (Fsp3) is 0.963. The molecule has 0 aromatic carbocycles. The van der Waals surface area contributed by atoms with E-state index in [2.05, 4.69) is 4.52 Å². The summed E-state index contributed by atoms with van der Waals surface area (Å²) in [4.78, 5) is 50.5. The van der Waals surface area contributed by atoms with Crippen LogP contribution in [0.3, 0.4) is 0 Å². The lowest BCUT2D eigenvalue weighted by molar-refractivity contribution is -0.390. The molecule has 0 unspecified atom stereocenters. The van der Waals surface area contributed by atoms with Gasteiger partial charge < -0.3 is 124 Å². The van der Waals surface area contributed by atoms with Crippen LogP contribution in [0.15, 0.2) is 0 Å². The predicted molar refractivity (Wildman–Crippen MR) is 173 cm³/mol. The van der Waals surface area contributed by atoms with E-state index in [9.17, 15) is 105 Å². The monoisotopic (exact) mass is 914 g/mol. The number of carboxylic acid groups (broad SMARTS) is 1. The average Bonchev–Trinajstić information content (AvgIpc) is 3.15. The van der Waals surface area contributed by atoms with E-state index < -0.39 is 183 Å². The summed E-state index contributed by atoms with van der Waals surface area (Å²) in [6.45, 7) is -4.64. The van der Waals surface area contributed by atoms with Gasteiger partial charge in [-0.2, -0.15) is 0 Å². The first-order chi connectivity index (χ1) is 27.3. The van der Waals surface area contributed by atoms with Crippen LogP contribution in [0, 0.1) is 0 Å². The minimum absolute atomic E-state index is 0.897. The maximum absolute atomic E-state index is 12.2. The Hall–Kier alpha value is -1.11. The molecule has 4 fully saturated rings. The molecule has 346 valence electrons. The number of hydrogen-bond acceptors (Lipinski definition) is 25. The van der Waals surface area contributed by atoms with Crippen molar-refractivity contribution in [1.82, 2.24) is 0 Å². The molecule has 4 aliphatic heterocycles. The van der Waals surface area contributed by atoms with Gasteiger partial charge in [-0.25, -0.2) is 13.9 Å². The topological polar surface area (TPSA) is 498 Å². The van der Waals surface area contributed by atoms with E-state index in [-0.39, 0.29) is 0 Å². The Labute approximate surface area is 330 Å². The van der Waals surface area contributed by atoms with Crippen LogP contribution in [-0.4, -0.2) is 252 Å². The van der Waals surface area contributed by atoms with Crippen LogP contribution in [0.4, 0.5) is 0 Å². The van der Waals surface area contributed by atoms with Crippen molar-refractivity contribution in [2.75, 3.05) is 26.4 Å². The number of carboxylic acids is 1. The molecule has 4 heterocycles. The number of ether oxygens (including phenoxy) is 7. The number of aliphatic hydroxyl groups is 13. The quantitative estimate of drug-likeness (QED) is 0.0602. The van der Waals surface area contributed by atoms with Crippen LogP contribution < -0.4 is 0 Å². The molecule has 0 aromatic rings. The fourth-order valence-corrected chi connectivity index (χ4v) is 7.82. The van der Waals surface area contributed by atoms with Gasteiger partial charge in [-0.15, -0.1) is 0 Å². The van der Waals surface area contributed by atoms with Crippen molar-refractivity contribution in [3.63, 3.8) is 0 Å². The van der Waals surface area contributed by atoms with Crippen molar-refractivity contribution in [3.05, 3.63) is 0 Å². The molecular weight excluding hydrogens is 866 g/mol. The summed E-state index contributed by atoms with van der Waals surface area (Å²) in [5.41, 5.74) is 0. The van der Waals surface area contributed by atoms with Gasteiger partial charge >= 0.3 is 21.6 Å². The van der Waals surface area contributed by atoms with Gasteiger partial charge in [0.05, 0.1) is 26.4 Å². The summed E-state index contributed by atoms with van der Waals surface area (Å²) in [7, 11) is -11.5. The van der Waals surface area contributed by atoms with E-state index in [0.29, 0.717) is 0 Å². The minimum Gasteiger partial charge on any atom is -0.477 e. The van der Waals surface area contributed by atoms with E-state index >= 15 is 0 Å². The third kappa shape index (κ3) is 11.7. The molecule has 4 rings (SSSR count). The number of aliphatic carboxylic acids is 1. The van der Waals surface area contributed by atoms with E-state index in [1.807, 2.05) is 0 Å². The van der Waals surface area contributed by atoms with Crippen molar-refractivity contribution in [1.29, 1.82) is 0 Å². The van der Waals surface area contributed by atoms with E-state index in [4.69, 9.17) is 37.7 Å². The molecule has 32 heteroatoms. The second-order valence-corrected chi connectivity index (χ2v) is 16.1. The van der Waals surface area contributed by atoms with Gasteiger partial charge in [0.25, 0.3) is 5.79 Å². The number of phosphoric acid groups is 2. The molecule has 21 atom stereocenters. The number of phosphoric ester groups is 2. The lowest BCUT2D eigenvalue weighted by Crippen LogP contribution is -2.69. The van der Waals surface area contributed by atoms with Crippen LogP contribution >= 0.6 is 15.6 Å². The van der Waals surface area contributed by atoms with Crippen molar-refractivity contribution in [2.45, 2.75) is 135 Å². The molecule has 0 radical (unpaired) electrons. The molecule has 4 aliphatic rings. The Bertz CT molecular complexity index is 1460. The van der Waals surface area contributed by atoms with E-state index in [0.717, 1.165) is 0 Å².